The third kappa shape index (κ3) is 4.23. The first-order valence-electron chi connectivity index (χ1n) is 8.53. The van der Waals surface area contributed by atoms with Gasteiger partial charge in [-0.2, -0.15) is 0 Å². The Balaban J connectivity index is 2.24. The molecule has 2 nitrogen and oxygen atoms in total. The van der Waals surface area contributed by atoms with E-state index in [1.54, 1.807) is 7.11 Å². The van der Waals surface area contributed by atoms with E-state index >= 15 is 0 Å². The number of benzene rings is 1. The molecule has 1 aromatic rings. The Morgan fingerprint density at radius 3 is 2.57 bits per heavy atom. The Bertz CT molecular complexity index is 435. The first kappa shape index (κ1) is 16.4. The van der Waals surface area contributed by atoms with Gasteiger partial charge in [0.1, 0.15) is 5.75 Å². The van der Waals surface area contributed by atoms with E-state index in [1.807, 2.05) is 0 Å². The Morgan fingerprint density at radius 1 is 1.24 bits per heavy atom. The highest BCUT2D eigenvalue weighted by atomic mass is 16.5. The van der Waals surface area contributed by atoms with Gasteiger partial charge in [-0.25, -0.2) is 0 Å². The molecule has 0 heterocycles. The van der Waals surface area contributed by atoms with E-state index in [-0.39, 0.29) is 0 Å². The summed E-state index contributed by atoms with van der Waals surface area (Å²) in [6.45, 7) is 7.87. The molecule has 1 unspecified atom stereocenters. The summed E-state index contributed by atoms with van der Waals surface area (Å²) in [5, 5.41) is 3.79. The summed E-state index contributed by atoms with van der Waals surface area (Å²) in [5.41, 5.74) is 2.67. The van der Waals surface area contributed by atoms with Crippen molar-refractivity contribution in [1.82, 2.24) is 5.32 Å². The van der Waals surface area contributed by atoms with Crippen LogP contribution < -0.4 is 10.1 Å². The monoisotopic (exact) mass is 289 g/mol. The number of methoxy groups -OCH3 is 1. The van der Waals surface area contributed by atoms with Crippen LogP contribution in [-0.2, 0) is 0 Å². The zero-order chi connectivity index (χ0) is 15.2. The predicted octanol–water partition coefficient (Wildman–Crippen LogP) is 4.87. The van der Waals surface area contributed by atoms with Gasteiger partial charge >= 0.3 is 0 Å². The molecule has 0 aliphatic heterocycles. The zero-order valence-electron chi connectivity index (χ0n) is 14.1. The second kappa shape index (κ2) is 7.84. The average molecular weight is 289 g/mol. The number of aryl methyl sites for hydroxylation is 1. The summed E-state index contributed by atoms with van der Waals surface area (Å²) in [5.74, 6) is 2.67. The van der Waals surface area contributed by atoms with Crippen LogP contribution in [0.25, 0.3) is 0 Å². The second-order valence-electron chi connectivity index (χ2n) is 6.70. The van der Waals surface area contributed by atoms with E-state index in [1.165, 1.54) is 43.2 Å². The molecule has 1 aliphatic carbocycles. The topological polar surface area (TPSA) is 21.3 Å². The molecule has 0 radical (unpaired) electrons. The van der Waals surface area contributed by atoms with Gasteiger partial charge in [-0.3, -0.25) is 0 Å². The van der Waals surface area contributed by atoms with E-state index in [4.69, 9.17) is 4.74 Å². The van der Waals surface area contributed by atoms with Crippen LogP contribution in [0.3, 0.4) is 0 Å². The molecule has 21 heavy (non-hydrogen) atoms. The summed E-state index contributed by atoms with van der Waals surface area (Å²) >= 11 is 0. The third-order valence-electron chi connectivity index (χ3n) is 4.87. The summed E-state index contributed by atoms with van der Waals surface area (Å²) < 4.78 is 5.63. The quantitative estimate of drug-likeness (QED) is 0.806. The minimum Gasteiger partial charge on any atom is -0.496 e. The highest BCUT2D eigenvalue weighted by Crippen LogP contribution is 2.39. The lowest BCUT2D eigenvalue weighted by Crippen LogP contribution is -2.31. The fourth-order valence-corrected chi connectivity index (χ4v) is 3.55. The highest BCUT2D eigenvalue weighted by Gasteiger charge is 2.28. The maximum atomic E-state index is 5.63. The summed E-state index contributed by atoms with van der Waals surface area (Å²) in [6.07, 6.45) is 6.57. The van der Waals surface area contributed by atoms with Crippen LogP contribution in [0.2, 0.25) is 0 Å². The van der Waals surface area contributed by atoms with Gasteiger partial charge in [0.2, 0.25) is 0 Å². The Labute approximate surface area is 130 Å². The Hall–Kier alpha value is -1.02. The molecule has 1 N–H and O–H groups in total. The molecule has 2 rings (SSSR count). The first-order chi connectivity index (χ1) is 10.2. The predicted molar refractivity (Wildman–Crippen MR) is 89.9 cm³/mol. The van der Waals surface area contributed by atoms with Crippen molar-refractivity contribution in [3.8, 4) is 5.75 Å². The molecule has 118 valence electrons. The van der Waals surface area contributed by atoms with Crippen molar-refractivity contribution in [2.45, 2.75) is 58.9 Å². The molecular weight excluding hydrogens is 258 g/mol. The Morgan fingerprint density at radius 2 is 1.95 bits per heavy atom. The van der Waals surface area contributed by atoms with Gasteiger partial charge in [0.25, 0.3) is 0 Å². The number of nitrogens with one attached hydrogen (secondary N) is 1. The molecule has 1 atom stereocenters. The van der Waals surface area contributed by atoms with Crippen LogP contribution in [0, 0.1) is 18.8 Å². The van der Waals surface area contributed by atoms with Crippen molar-refractivity contribution in [3.63, 3.8) is 0 Å². The SMILES string of the molecule is CCCNC(c1cc(C)ccc1OC)C1CCC(C)CC1. The standard InChI is InChI=1S/C19H31NO/c1-5-12-20-19(16-9-6-14(2)7-10-16)17-13-15(3)8-11-18(17)21-4/h8,11,13-14,16,19-20H,5-7,9-10,12H2,1-4H3. The van der Waals surface area contributed by atoms with Gasteiger partial charge in [-0.1, -0.05) is 44.4 Å². The molecular formula is C19H31NO. The van der Waals surface area contributed by atoms with Crippen molar-refractivity contribution >= 4 is 0 Å². The average Bonchev–Trinajstić information content (AvgIpc) is 2.49. The van der Waals surface area contributed by atoms with Crippen molar-refractivity contribution in [3.05, 3.63) is 29.3 Å². The van der Waals surface area contributed by atoms with Crippen LogP contribution in [-0.4, -0.2) is 13.7 Å². The molecule has 0 saturated heterocycles. The van der Waals surface area contributed by atoms with Gasteiger partial charge in [-0.15, -0.1) is 0 Å². The van der Waals surface area contributed by atoms with E-state index in [2.05, 4.69) is 44.3 Å². The van der Waals surface area contributed by atoms with Crippen molar-refractivity contribution < 1.29 is 4.74 Å². The van der Waals surface area contributed by atoms with Crippen LogP contribution in [0.5, 0.6) is 5.75 Å². The fraction of sp³-hybridized carbons (Fsp3) is 0.684. The number of rotatable bonds is 6. The van der Waals surface area contributed by atoms with Crippen LogP contribution in [0.4, 0.5) is 0 Å². The zero-order valence-corrected chi connectivity index (χ0v) is 14.1. The molecule has 0 aromatic heterocycles. The molecule has 0 amide bonds. The first-order valence-corrected chi connectivity index (χ1v) is 8.53. The molecule has 1 aromatic carbocycles. The number of ether oxygens (including phenoxy) is 1. The van der Waals surface area contributed by atoms with Crippen molar-refractivity contribution in [2.24, 2.45) is 11.8 Å². The highest BCUT2D eigenvalue weighted by molar-refractivity contribution is 5.39. The molecule has 2 heteroatoms. The number of hydrogen-bond acceptors (Lipinski definition) is 2. The maximum Gasteiger partial charge on any atom is 0.123 e. The number of hydrogen-bond donors (Lipinski definition) is 1. The molecule has 1 saturated carbocycles. The van der Waals surface area contributed by atoms with Gasteiger partial charge < -0.3 is 10.1 Å². The van der Waals surface area contributed by atoms with Crippen molar-refractivity contribution in [1.29, 1.82) is 0 Å². The fourth-order valence-electron chi connectivity index (χ4n) is 3.55. The summed E-state index contributed by atoms with van der Waals surface area (Å²) in [6, 6.07) is 7.01. The van der Waals surface area contributed by atoms with Gasteiger partial charge in [-0.05, 0) is 50.6 Å². The van der Waals surface area contributed by atoms with E-state index in [9.17, 15) is 0 Å². The minimum atomic E-state index is 0.437. The van der Waals surface area contributed by atoms with Gasteiger partial charge in [0.05, 0.1) is 7.11 Å². The lowest BCUT2D eigenvalue weighted by molar-refractivity contribution is 0.228. The lowest BCUT2D eigenvalue weighted by Gasteiger charge is -2.34. The van der Waals surface area contributed by atoms with Gasteiger partial charge in [0.15, 0.2) is 0 Å². The smallest absolute Gasteiger partial charge is 0.123 e. The van der Waals surface area contributed by atoms with E-state index < -0.39 is 0 Å². The van der Waals surface area contributed by atoms with Crippen LogP contribution in [0.1, 0.15) is 63.1 Å². The Kier molecular flexibility index (Phi) is 6.10. The molecule has 0 bridgehead atoms. The molecule has 1 fully saturated rings. The van der Waals surface area contributed by atoms with E-state index in [0.717, 1.165) is 24.1 Å². The maximum absolute atomic E-state index is 5.63. The van der Waals surface area contributed by atoms with Gasteiger partial charge in [0, 0.05) is 11.6 Å². The third-order valence-corrected chi connectivity index (χ3v) is 4.87. The van der Waals surface area contributed by atoms with Crippen LogP contribution >= 0.6 is 0 Å². The normalized spacial score (nSPS) is 23.8. The van der Waals surface area contributed by atoms with E-state index in [0.29, 0.717) is 6.04 Å². The van der Waals surface area contributed by atoms with Crippen LogP contribution in [0.15, 0.2) is 18.2 Å². The lowest BCUT2D eigenvalue weighted by atomic mass is 9.77. The second-order valence-corrected chi connectivity index (χ2v) is 6.70. The largest absolute Gasteiger partial charge is 0.496 e. The molecule has 0 spiro atoms. The van der Waals surface area contributed by atoms with Crippen molar-refractivity contribution in [2.75, 3.05) is 13.7 Å². The minimum absolute atomic E-state index is 0.437. The molecule has 1 aliphatic rings. The summed E-state index contributed by atoms with van der Waals surface area (Å²) in [4.78, 5) is 0. The summed E-state index contributed by atoms with van der Waals surface area (Å²) in [7, 11) is 1.79.